The van der Waals surface area contributed by atoms with Crippen LogP contribution in [0.4, 0.5) is 4.39 Å². The third-order valence-electron chi connectivity index (χ3n) is 8.47. The molecule has 38 heavy (non-hydrogen) atoms. The van der Waals surface area contributed by atoms with Gasteiger partial charge in [-0.3, -0.25) is 4.79 Å². The molecule has 0 spiro atoms. The molecule has 9 atom stereocenters. The molecule has 10 nitrogen and oxygen atoms in total. The van der Waals surface area contributed by atoms with Crippen LogP contribution in [0.5, 0.6) is 0 Å². The molecule has 1 amide bonds. The summed E-state index contributed by atoms with van der Waals surface area (Å²) < 4.78 is 56.8. The van der Waals surface area contributed by atoms with Gasteiger partial charge in [0.15, 0.2) is 0 Å². The highest BCUT2D eigenvalue weighted by atomic mass is 35.5. The number of fused-ring (bicyclic) bond motifs is 1. The topological polar surface area (TPSA) is 112 Å². The summed E-state index contributed by atoms with van der Waals surface area (Å²) >= 11 is 6.45. The fraction of sp³-hybridized carbons (Fsp3) is 0.960. The first-order valence-electron chi connectivity index (χ1n) is 14.2. The van der Waals surface area contributed by atoms with Crippen molar-refractivity contribution < 1.29 is 27.1 Å². The number of morpholine rings is 1. The van der Waals surface area contributed by atoms with Crippen LogP contribution in [0.25, 0.3) is 0 Å². The smallest absolute Gasteiger partial charge is 0.222 e. The number of hydrogen-bond acceptors (Lipinski definition) is 8. The van der Waals surface area contributed by atoms with Gasteiger partial charge in [-0.25, -0.2) is 23.2 Å². The van der Waals surface area contributed by atoms with Crippen molar-refractivity contribution in [3.8, 4) is 0 Å². The number of sulfonamides is 1. The average molecular weight is 582 g/mol. The van der Waals surface area contributed by atoms with Crippen molar-refractivity contribution in [3.63, 3.8) is 0 Å². The van der Waals surface area contributed by atoms with Gasteiger partial charge in [-0.1, -0.05) is 6.92 Å². The SMILES string of the molecule is CCOC1NN(CC)CC1S(=O)(=O)N1C[C@H](CNC(C)=O)OC2CCC(NCC3C(F)CCCC3Cl)CC21. The van der Waals surface area contributed by atoms with E-state index in [2.05, 4.69) is 16.1 Å². The number of rotatable bonds is 10. The number of ether oxygens (including phenoxy) is 2. The molecule has 3 N–H and O–H groups in total. The maximum atomic E-state index is 14.6. The zero-order valence-corrected chi connectivity index (χ0v) is 24.4. The van der Waals surface area contributed by atoms with Crippen molar-refractivity contribution in [2.45, 2.75) is 107 Å². The quantitative estimate of drug-likeness (QED) is 0.332. The van der Waals surface area contributed by atoms with Crippen LogP contribution in [0.15, 0.2) is 0 Å². The Bertz CT molecular complexity index is 893. The first-order chi connectivity index (χ1) is 18.1. The molecule has 0 radical (unpaired) electrons. The number of alkyl halides is 2. The fourth-order valence-corrected chi connectivity index (χ4v) is 8.92. The van der Waals surface area contributed by atoms with Crippen molar-refractivity contribution in [1.29, 1.82) is 0 Å². The molecule has 4 fully saturated rings. The minimum atomic E-state index is -3.79. The summed E-state index contributed by atoms with van der Waals surface area (Å²) in [7, 11) is -3.79. The highest BCUT2D eigenvalue weighted by Crippen LogP contribution is 2.36. The molecule has 8 unspecified atom stereocenters. The zero-order valence-electron chi connectivity index (χ0n) is 22.8. The number of hydrogen-bond donors (Lipinski definition) is 3. The molecule has 2 aliphatic heterocycles. The van der Waals surface area contributed by atoms with E-state index in [0.29, 0.717) is 45.5 Å². The second kappa shape index (κ2) is 13.4. The molecule has 0 aromatic rings. The predicted molar refractivity (Wildman–Crippen MR) is 144 cm³/mol. The van der Waals surface area contributed by atoms with E-state index < -0.39 is 33.8 Å². The van der Waals surface area contributed by atoms with Crippen LogP contribution in [-0.2, 0) is 24.3 Å². The van der Waals surface area contributed by atoms with E-state index in [1.807, 2.05) is 18.9 Å². The van der Waals surface area contributed by atoms with Crippen molar-refractivity contribution >= 4 is 27.5 Å². The van der Waals surface area contributed by atoms with E-state index in [1.165, 1.54) is 6.92 Å². The average Bonchev–Trinajstić information content (AvgIpc) is 3.31. The molecule has 4 rings (SSSR count). The first-order valence-corrected chi connectivity index (χ1v) is 16.1. The lowest BCUT2D eigenvalue weighted by Crippen LogP contribution is -2.64. The standard InChI is InChI=1S/C25H45ClFN5O5S/c1-4-31-15-24(25(30-31)36-5-2)38(34,35)32-14-18(12-28-16(3)33)37-23-10-9-17(11-22(23)32)29-13-19-20(26)7-6-8-21(19)27/h17-25,29-30H,4-15H2,1-3H3,(H,28,33)/t17?,18-,19?,20?,21?,22?,23?,24?,25?/m0/s1. The van der Waals surface area contributed by atoms with Gasteiger partial charge in [-0.05, 0) is 45.4 Å². The van der Waals surface area contributed by atoms with Gasteiger partial charge in [0, 0.05) is 63.6 Å². The second-order valence-electron chi connectivity index (χ2n) is 11.0. The molecule has 0 aromatic carbocycles. The molecule has 2 aliphatic carbocycles. The zero-order chi connectivity index (χ0) is 27.4. The highest BCUT2D eigenvalue weighted by Gasteiger charge is 2.51. The van der Waals surface area contributed by atoms with Crippen LogP contribution in [0, 0.1) is 5.92 Å². The summed E-state index contributed by atoms with van der Waals surface area (Å²) in [6, 6.07) is -0.309. The van der Waals surface area contributed by atoms with Gasteiger partial charge in [-0.15, -0.1) is 11.6 Å². The maximum Gasteiger partial charge on any atom is 0.222 e. The number of carbonyl (C=O) groups excluding carboxylic acids is 1. The Morgan fingerprint density at radius 1 is 1.18 bits per heavy atom. The molecule has 0 bridgehead atoms. The third-order valence-corrected chi connectivity index (χ3v) is 11.2. The molecule has 2 saturated carbocycles. The minimum Gasteiger partial charge on any atom is -0.370 e. The van der Waals surface area contributed by atoms with Gasteiger partial charge in [0.1, 0.15) is 17.6 Å². The molecule has 4 aliphatic rings. The third kappa shape index (κ3) is 6.99. The summed E-state index contributed by atoms with van der Waals surface area (Å²) in [5.41, 5.74) is 3.19. The number of carbonyl (C=O) groups is 1. The Morgan fingerprint density at radius 2 is 1.97 bits per heavy atom. The molecule has 2 saturated heterocycles. The molecule has 2 heterocycles. The normalized spacial score (nSPS) is 39.1. The Morgan fingerprint density at radius 3 is 2.66 bits per heavy atom. The Labute approximate surface area is 231 Å². The lowest BCUT2D eigenvalue weighted by molar-refractivity contribution is -0.125. The minimum absolute atomic E-state index is 0.0407. The van der Waals surface area contributed by atoms with Gasteiger partial charge in [0.05, 0.1) is 18.2 Å². The largest absolute Gasteiger partial charge is 0.370 e. The van der Waals surface area contributed by atoms with Crippen LogP contribution in [0.3, 0.4) is 0 Å². The lowest BCUT2D eigenvalue weighted by Gasteiger charge is -2.49. The van der Waals surface area contributed by atoms with E-state index in [0.717, 1.165) is 19.3 Å². The van der Waals surface area contributed by atoms with Crippen molar-refractivity contribution in [3.05, 3.63) is 0 Å². The fourth-order valence-electron chi connectivity index (χ4n) is 6.37. The summed E-state index contributed by atoms with van der Waals surface area (Å²) in [6.45, 7) is 7.53. The maximum absolute atomic E-state index is 14.6. The molecular formula is C25H45ClFN5O5S. The van der Waals surface area contributed by atoms with Crippen LogP contribution in [-0.4, -0.2) is 110 Å². The Kier molecular flexibility index (Phi) is 10.7. The molecule has 220 valence electrons. The number of halogens is 2. The molecular weight excluding hydrogens is 537 g/mol. The second-order valence-corrected chi connectivity index (χ2v) is 13.7. The van der Waals surface area contributed by atoms with Crippen LogP contribution < -0.4 is 16.1 Å². The van der Waals surface area contributed by atoms with Crippen LogP contribution >= 0.6 is 11.6 Å². The van der Waals surface area contributed by atoms with Crippen LogP contribution in [0.1, 0.15) is 59.3 Å². The van der Waals surface area contributed by atoms with E-state index in [4.69, 9.17) is 21.1 Å². The highest BCUT2D eigenvalue weighted by molar-refractivity contribution is 7.89. The molecule has 13 heteroatoms. The van der Waals surface area contributed by atoms with Crippen LogP contribution in [0.2, 0.25) is 0 Å². The lowest BCUT2D eigenvalue weighted by atomic mass is 9.84. The van der Waals surface area contributed by atoms with Crippen molar-refractivity contribution in [1.82, 2.24) is 25.4 Å². The van der Waals surface area contributed by atoms with E-state index in [9.17, 15) is 17.6 Å². The van der Waals surface area contributed by atoms with E-state index in [-0.39, 0.29) is 48.5 Å². The van der Waals surface area contributed by atoms with Crippen molar-refractivity contribution in [2.24, 2.45) is 5.92 Å². The molecule has 0 aromatic heterocycles. The summed E-state index contributed by atoms with van der Waals surface area (Å²) in [6.07, 6.45) is 1.98. The van der Waals surface area contributed by atoms with Crippen molar-refractivity contribution in [2.75, 3.05) is 39.3 Å². The van der Waals surface area contributed by atoms with E-state index >= 15 is 0 Å². The van der Waals surface area contributed by atoms with Gasteiger partial charge < -0.3 is 20.1 Å². The number of nitrogens with zero attached hydrogens (tertiary/aromatic N) is 2. The Hall–Kier alpha value is -0.600. The monoisotopic (exact) mass is 581 g/mol. The van der Waals surface area contributed by atoms with Gasteiger partial charge in [-0.2, -0.15) is 4.31 Å². The van der Waals surface area contributed by atoms with Gasteiger partial charge in [0.25, 0.3) is 0 Å². The number of nitrogens with one attached hydrogen (secondary N) is 3. The first kappa shape index (κ1) is 30.4. The van der Waals surface area contributed by atoms with Gasteiger partial charge >= 0.3 is 0 Å². The Balaban J connectivity index is 1.51. The predicted octanol–water partition coefficient (Wildman–Crippen LogP) is 1.35. The summed E-state index contributed by atoms with van der Waals surface area (Å²) in [4.78, 5) is 11.6. The summed E-state index contributed by atoms with van der Waals surface area (Å²) in [5.74, 6) is -0.413. The number of hydrazine groups is 1. The van der Waals surface area contributed by atoms with Gasteiger partial charge in [0.2, 0.25) is 15.9 Å². The van der Waals surface area contributed by atoms with E-state index in [1.54, 1.807) is 4.31 Å². The summed E-state index contributed by atoms with van der Waals surface area (Å²) in [5, 5.41) is 7.23. The number of amides is 1.